The van der Waals surface area contributed by atoms with Crippen LogP contribution in [0.1, 0.15) is 22.5 Å². The SMILES string of the molecule is CON(C)C(=O)CCC(=O)c1ccc(Cl)s1. The van der Waals surface area contributed by atoms with Gasteiger partial charge >= 0.3 is 0 Å². The van der Waals surface area contributed by atoms with Crippen molar-refractivity contribution in [2.75, 3.05) is 14.2 Å². The van der Waals surface area contributed by atoms with Gasteiger partial charge in [0.2, 0.25) is 5.91 Å². The van der Waals surface area contributed by atoms with E-state index in [1.165, 1.54) is 25.5 Å². The number of carbonyl (C=O) groups is 2. The molecule has 1 amide bonds. The Kier molecular flexibility index (Phi) is 4.92. The van der Waals surface area contributed by atoms with E-state index in [0.29, 0.717) is 9.21 Å². The summed E-state index contributed by atoms with van der Waals surface area (Å²) >= 11 is 6.93. The Bertz CT molecular complexity index is 391. The lowest BCUT2D eigenvalue weighted by Crippen LogP contribution is -2.25. The van der Waals surface area contributed by atoms with Crippen LogP contribution in [0.4, 0.5) is 0 Å². The van der Waals surface area contributed by atoms with E-state index in [1.54, 1.807) is 12.1 Å². The molecule has 0 atom stereocenters. The van der Waals surface area contributed by atoms with Gasteiger partial charge in [-0.3, -0.25) is 14.4 Å². The summed E-state index contributed by atoms with van der Waals surface area (Å²) in [5, 5.41) is 1.11. The van der Waals surface area contributed by atoms with Crippen molar-refractivity contribution in [2.24, 2.45) is 0 Å². The lowest BCUT2D eigenvalue weighted by molar-refractivity contribution is -0.168. The first kappa shape index (κ1) is 13.2. The summed E-state index contributed by atoms with van der Waals surface area (Å²) in [5.41, 5.74) is 0. The second kappa shape index (κ2) is 5.98. The largest absolute Gasteiger partial charge is 0.293 e. The molecule has 0 saturated heterocycles. The number of amides is 1. The van der Waals surface area contributed by atoms with Gasteiger partial charge in [-0.1, -0.05) is 11.6 Å². The summed E-state index contributed by atoms with van der Waals surface area (Å²) in [4.78, 5) is 28.2. The number of hydroxylamine groups is 2. The number of nitrogens with zero attached hydrogens (tertiary/aromatic N) is 1. The molecule has 16 heavy (non-hydrogen) atoms. The Labute approximate surface area is 103 Å². The number of carbonyl (C=O) groups excluding carboxylic acids is 2. The summed E-state index contributed by atoms with van der Waals surface area (Å²) in [7, 11) is 2.91. The number of Topliss-reactive ketones (excluding diaryl/α,β-unsaturated/α-hetero) is 1. The van der Waals surface area contributed by atoms with Gasteiger partial charge in [0.05, 0.1) is 16.3 Å². The van der Waals surface area contributed by atoms with E-state index in [-0.39, 0.29) is 24.5 Å². The van der Waals surface area contributed by atoms with Gasteiger partial charge in [0, 0.05) is 19.9 Å². The number of thiophene rings is 1. The predicted molar refractivity (Wildman–Crippen MR) is 62.7 cm³/mol. The maximum Gasteiger partial charge on any atom is 0.246 e. The summed E-state index contributed by atoms with van der Waals surface area (Å²) < 4.78 is 0.573. The molecule has 0 bridgehead atoms. The first-order chi connectivity index (χ1) is 7.54. The van der Waals surface area contributed by atoms with Crippen LogP contribution in [0.2, 0.25) is 4.34 Å². The normalized spacial score (nSPS) is 10.2. The average Bonchev–Trinajstić information content (AvgIpc) is 2.71. The van der Waals surface area contributed by atoms with E-state index in [9.17, 15) is 9.59 Å². The van der Waals surface area contributed by atoms with Gasteiger partial charge < -0.3 is 0 Å². The first-order valence-electron chi connectivity index (χ1n) is 4.63. The molecular weight excluding hydrogens is 250 g/mol. The van der Waals surface area contributed by atoms with Gasteiger partial charge in [0.1, 0.15) is 0 Å². The Morgan fingerprint density at radius 1 is 1.44 bits per heavy atom. The molecule has 0 N–H and O–H groups in total. The van der Waals surface area contributed by atoms with E-state index >= 15 is 0 Å². The monoisotopic (exact) mass is 261 g/mol. The highest BCUT2D eigenvalue weighted by molar-refractivity contribution is 7.18. The van der Waals surface area contributed by atoms with Crippen LogP contribution in [0.15, 0.2) is 12.1 Å². The second-order valence-electron chi connectivity index (χ2n) is 3.10. The zero-order valence-electron chi connectivity index (χ0n) is 9.03. The molecule has 0 aliphatic rings. The molecular formula is C10H12ClNO3S. The third-order valence-electron chi connectivity index (χ3n) is 2.04. The van der Waals surface area contributed by atoms with Crippen molar-refractivity contribution in [3.05, 3.63) is 21.3 Å². The fourth-order valence-electron chi connectivity index (χ4n) is 1.07. The molecule has 4 nitrogen and oxygen atoms in total. The average molecular weight is 262 g/mol. The highest BCUT2D eigenvalue weighted by atomic mass is 35.5. The van der Waals surface area contributed by atoms with E-state index in [4.69, 9.17) is 16.4 Å². The highest BCUT2D eigenvalue weighted by Crippen LogP contribution is 2.22. The molecule has 0 spiro atoms. The zero-order valence-corrected chi connectivity index (χ0v) is 10.6. The molecule has 0 aromatic carbocycles. The standard InChI is InChI=1S/C10H12ClNO3S/c1-12(15-2)10(14)6-3-7(13)8-4-5-9(11)16-8/h4-5H,3,6H2,1-2H3. The molecule has 0 fully saturated rings. The zero-order chi connectivity index (χ0) is 12.1. The van der Waals surface area contributed by atoms with Gasteiger partial charge in [-0.2, -0.15) is 0 Å². The van der Waals surface area contributed by atoms with Crippen molar-refractivity contribution >= 4 is 34.6 Å². The Hall–Kier alpha value is -0.910. The van der Waals surface area contributed by atoms with Crippen molar-refractivity contribution in [3.63, 3.8) is 0 Å². The van der Waals surface area contributed by atoms with Crippen molar-refractivity contribution in [3.8, 4) is 0 Å². The minimum absolute atomic E-state index is 0.0743. The fourth-order valence-corrected chi connectivity index (χ4v) is 2.08. The van der Waals surface area contributed by atoms with Gasteiger partial charge in [-0.25, -0.2) is 5.06 Å². The first-order valence-corrected chi connectivity index (χ1v) is 5.83. The molecule has 0 radical (unpaired) electrons. The van der Waals surface area contributed by atoms with Crippen LogP contribution in [0.3, 0.4) is 0 Å². The van der Waals surface area contributed by atoms with E-state index in [2.05, 4.69) is 0 Å². The van der Waals surface area contributed by atoms with Crippen LogP contribution in [0.5, 0.6) is 0 Å². The Morgan fingerprint density at radius 2 is 2.12 bits per heavy atom. The van der Waals surface area contributed by atoms with Crippen molar-refractivity contribution in [1.29, 1.82) is 0 Å². The van der Waals surface area contributed by atoms with Crippen molar-refractivity contribution < 1.29 is 14.4 Å². The van der Waals surface area contributed by atoms with E-state index in [0.717, 1.165) is 5.06 Å². The molecule has 0 saturated carbocycles. The topological polar surface area (TPSA) is 46.6 Å². The molecule has 0 aliphatic carbocycles. The fraction of sp³-hybridized carbons (Fsp3) is 0.400. The molecule has 1 rings (SSSR count). The van der Waals surface area contributed by atoms with Crippen LogP contribution in [0.25, 0.3) is 0 Å². The third kappa shape index (κ3) is 3.59. The molecule has 1 aromatic rings. The number of halogens is 1. The van der Waals surface area contributed by atoms with Gasteiger partial charge in [-0.05, 0) is 12.1 Å². The molecule has 0 unspecified atom stereocenters. The third-order valence-corrected chi connectivity index (χ3v) is 3.31. The molecule has 1 aromatic heterocycles. The van der Waals surface area contributed by atoms with Crippen LogP contribution in [0, 0.1) is 0 Å². The van der Waals surface area contributed by atoms with Gasteiger partial charge in [-0.15, -0.1) is 11.3 Å². The smallest absolute Gasteiger partial charge is 0.246 e. The summed E-state index contributed by atoms with van der Waals surface area (Å²) in [6, 6.07) is 3.34. The lowest BCUT2D eigenvalue weighted by Gasteiger charge is -2.12. The minimum Gasteiger partial charge on any atom is -0.293 e. The lowest BCUT2D eigenvalue weighted by atomic mass is 10.2. The quantitative estimate of drug-likeness (QED) is 0.604. The van der Waals surface area contributed by atoms with E-state index < -0.39 is 0 Å². The van der Waals surface area contributed by atoms with Gasteiger partial charge in [0.25, 0.3) is 0 Å². The van der Waals surface area contributed by atoms with E-state index in [1.807, 2.05) is 0 Å². The highest BCUT2D eigenvalue weighted by Gasteiger charge is 2.13. The second-order valence-corrected chi connectivity index (χ2v) is 4.82. The van der Waals surface area contributed by atoms with Crippen LogP contribution in [-0.4, -0.2) is 30.9 Å². The maximum absolute atomic E-state index is 11.6. The van der Waals surface area contributed by atoms with Crippen LogP contribution >= 0.6 is 22.9 Å². The van der Waals surface area contributed by atoms with Crippen molar-refractivity contribution in [1.82, 2.24) is 5.06 Å². The molecule has 88 valence electrons. The molecule has 0 aliphatic heterocycles. The van der Waals surface area contributed by atoms with Gasteiger partial charge in [0.15, 0.2) is 5.78 Å². The number of rotatable bonds is 5. The maximum atomic E-state index is 11.6. The van der Waals surface area contributed by atoms with Crippen molar-refractivity contribution in [2.45, 2.75) is 12.8 Å². The number of hydrogen-bond acceptors (Lipinski definition) is 4. The minimum atomic E-state index is -0.224. The predicted octanol–water partition coefficient (Wildman–Crippen LogP) is 2.38. The Balaban J connectivity index is 2.44. The van der Waals surface area contributed by atoms with Crippen LogP contribution in [-0.2, 0) is 9.63 Å². The molecule has 6 heteroatoms. The number of hydrogen-bond donors (Lipinski definition) is 0. The Morgan fingerprint density at radius 3 is 2.62 bits per heavy atom. The number of ketones is 1. The summed E-state index contributed by atoms with van der Waals surface area (Å²) in [5.74, 6) is -0.298. The summed E-state index contributed by atoms with van der Waals surface area (Å²) in [6.45, 7) is 0. The molecule has 1 heterocycles. The summed E-state index contributed by atoms with van der Waals surface area (Å²) in [6.07, 6.45) is 0.308. The van der Waals surface area contributed by atoms with Crippen LogP contribution < -0.4 is 0 Å².